The molecule has 0 N–H and O–H groups in total. The summed E-state index contributed by atoms with van der Waals surface area (Å²) in [7, 11) is 1.30. The lowest BCUT2D eigenvalue weighted by Gasteiger charge is -2.40. The summed E-state index contributed by atoms with van der Waals surface area (Å²) >= 11 is 5.84. The number of halogens is 1. The van der Waals surface area contributed by atoms with Gasteiger partial charge in [0.1, 0.15) is 0 Å². The summed E-state index contributed by atoms with van der Waals surface area (Å²) in [5, 5.41) is 0.550. The van der Waals surface area contributed by atoms with E-state index in [1.54, 1.807) is 34.1 Å². The number of esters is 1. The molecule has 1 aliphatic rings. The van der Waals surface area contributed by atoms with E-state index in [1.165, 1.54) is 14.0 Å². The molecular formula is C16H19ClN2O4. The van der Waals surface area contributed by atoms with Gasteiger partial charge in [0, 0.05) is 37.1 Å². The summed E-state index contributed by atoms with van der Waals surface area (Å²) in [6, 6.07) is 6.20. The van der Waals surface area contributed by atoms with E-state index in [2.05, 4.69) is 0 Å². The van der Waals surface area contributed by atoms with Crippen molar-refractivity contribution in [2.45, 2.75) is 19.4 Å². The van der Waals surface area contributed by atoms with Gasteiger partial charge in [-0.1, -0.05) is 11.6 Å². The number of hydrogen-bond donors (Lipinski definition) is 0. The van der Waals surface area contributed by atoms with Crippen LogP contribution >= 0.6 is 11.6 Å². The number of methoxy groups -OCH3 is 1. The predicted molar refractivity (Wildman–Crippen MR) is 85.2 cm³/mol. The van der Waals surface area contributed by atoms with E-state index in [-0.39, 0.29) is 18.2 Å². The van der Waals surface area contributed by atoms with E-state index in [0.717, 1.165) is 0 Å². The molecule has 1 heterocycles. The summed E-state index contributed by atoms with van der Waals surface area (Å²) in [4.78, 5) is 39.2. The zero-order valence-corrected chi connectivity index (χ0v) is 13.9. The smallest absolute Gasteiger partial charge is 0.307 e. The lowest BCUT2D eigenvalue weighted by atomic mass is 10.1. The highest BCUT2D eigenvalue weighted by atomic mass is 35.5. The van der Waals surface area contributed by atoms with Gasteiger partial charge in [-0.3, -0.25) is 14.4 Å². The minimum absolute atomic E-state index is 0.0552. The molecule has 1 aliphatic heterocycles. The van der Waals surface area contributed by atoms with Crippen LogP contribution in [0.3, 0.4) is 0 Å². The molecule has 6 nitrogen and oxygen atoms in total. The fourth-order valence-electron chi connectivity index (χ4n) is 2.62. The van der Waals surface area contributed by atoms with Crippen LogP contribution in [0.5, 0.6) is 0 Å². The average Bonchev–Trinajstić information content (AvgIpc) is 2.54. The molecule has 0 aliphatic carbocycles. The molecule has 2 rings (SSSR count). The molecule has 0 spiro atoms. The van der Waals surface area contributed by atoms with Crippen LogP contribution in [0.4, 0.5) is 0 Å². The fraction of sp³-hybridized carbons (Fsp3) is 0.438. The Labute approximate surface area is 139 Å². The van der Waals surface area contributed by atoms with Gasteiger partial charge < -0.3 is 14.5 Å². The highest BCUT2D eigenvalue weighted by Gasteiger charge is 2.33. The largest absolute Gasteiger partial charge is 0.469 e. The van der Waals surface area contributed by atoms with E-state index in [1.807, 2.05) is 0 Å². The summed E-state index contributed by atoms with van der Waals surface area (Å²) < 4.78 is 4.70. The third-order valence-electron chi connectivity index (χ3n) is 3.91. The molecule has 1 saturated heterocycles. The van der Waals surface area contributed by atoms with Crippen molar-refractivity contribution in [2.75, 3.05) is 26.7 Å². The van der Waals surface area contributed by atoms with Crippen molar-refractivity contribution >= 4 is 29.4 Å². The Hall–Kier alpha value is -2.08. The normalized spacial score (nSPS) is 17.8. The molecule has 0 radical (unpaired) electrons. The Kier molecular flexibility index (Phi) is 5.60. The summed E-state index contributed by atoms with van der Waals surface area (Å²) in [6.45, 7) is 2.63. The summed E-state index contributed by atoms with van der Waals surface area (Å²) in [5.41, 5.74) is 0.501. The molecular weight excluding hydrogens is 320 g/mol. The standard InChI is InChI=1S/C16H19ClN2O4/c1-11(20)18-7-8-19(14(10-18)9-15(21)23-2)16(22)12-3-5-13(17)6-4-12/h3-6,14H,7-10H2,1-2H3/t14-/m1/s1. The monoisotopic (exact) mass is 338 g/mol. The molecule has 0 unspecified atom stereocenters. The van der Waals surface area contributed by atoms with Crippen molar-refractivity contribution in [3.63, 3.8) is 0 Å². The van der Waals surface area contributed by atoms with Crippen LogP contribution in [0.15, 0.2) is 24.3 Å². The molecule has 23 heavy (non-hydrogen) atoms. The van der Waals surface area contributed by atoms with Crippen molar-refractivity contribution in [3.8, 4) is 0 Å². The number of benzene rings is 1. The van der Waals surface area contributed by atoms with Gasteiger partial charge in [0.25, 0.3) is 5.91 Å². The van der Waals surface area contributed by atoms with Gasteiger partial charge in [0.15, 0.2) is 0 Å². The lowest BCUT2D eigenvalue weighted by Crippen LogP contribution is -2.56. The number of carbonyl (C=O) groups is 3. The molecule has 0 aromatic heterocycles. The first kappa shape index (κ1) is 17.3. The van der Waals surface area contributed by atoms with Crippen LogP contribution in [0.2, 0.25) is 5.02 Å². The van der Waals surface area contributed by atoms with Crippen molar-refractivity contribution in [1.82, 2.24) is 9.80 Å². The third kappa shape index (κ3) is 4.22. The second kappa shape index (κ2) is 7.46. The van der Waals surface area contributed by atoms with Gasteiger partial charge in [-0.2, -0.15) is 0 Å². The molecule has 124 valence electrons. The maximum Gasteiger partial charge on any atom is 0.307 e. The number of piperazine rings is 1. The average molecular weight is 339 g/mol. The Morgan fingerprint density at radius 1 is 1.22 bits per heavy atom. The number of rotatable bonds is 3. The molecule has 0 bridgehead atoms. The quantitative estimate of drug-likeness (QED) is 0.785. The van der Waals surface area contributed by atoms with Gasteiger partial charge in [-0.15, -0.1) is 0 Å². The molecule has 1 aromatic rings. The number of hydrogen-bond acceptors (Lipinski definition) is 4. The second-order valence-electron chi connectivity index (χ2n) is 5.40. The van der Waals surface area contributed by atoms with E-state index < -0.39 is 12.0 Å². The fourth-order valence-corrected chi connectivity index (χ4v) is 2.74. The SMILES string of the molecule is COC(=O)C[C@@H]1CN(C(C)=O)CCN1C(=O)c1ccc(Cl)cc1. The van der Waals surface area contributed by atoms with Crippen LogP contribution in [0.25, 0.3) is 0 Å². The Morgan fingerprint density at radius 2 is 1.87 bits per heavy atom. The first-order chi connectivity index (χ1) is 10.9. The van der Waals surface area contributed by atoms with Gasteiger partial charge in [-0.05, 0) is 24.3 Å². The zero-order chi connectivity index (χ0) is 17.0. The van der Waals surface area contributed by atoms with Gasteiger partial charge in [0.05, 0.1) is 19.6 Å². The summed E-state index contributed by atoms with van der Waals surface area (Å²) in [5.74, 6) is -0.661. The second-order valence-corrected chi connectivity index (χ2v) is 5.84. The Bertz CT molecular complexity index is 603. The molecule has 7 heteroatoms. The zero-order valence-electron chi connectivity index (χ0n) is 13.1. The molecule has 1 aromatic carbocycles. The third-order valence-corrected chi connectivity index (χ3v) is 4.16. The number of amides is 2. The predicted octanol–water partition coefficient (Wildman–Crippen LogP) is 1.58. The van der Waals surface area contributed by atoms with Gasteiger partial charge in [-0.25, -0.2) is 0 Å². The number of carbonyl (C=O) groups excluding carboxylic acids is 3. The first-order valence-corrected chi connectivity index (χ1v) is 7.69. The van der Waals surface area contributed by atoms with E-state index in [0.29, 0.717) is 30.2 Å². The highest BCUT2D eigenvalue weighted by molar-refractivity contribution is 6.30. The van der Waals surface area contributed by atoms with E-state index in [4.69, 9.17) is 16.3 Å². The molecule has 2 amide bonds. The Morgan fingerprint density at radius 3 is 2.43 bits per heavy atom. The molecule has 1 atom stereocenters. The summed E-state index contributed by atoms with van der Waals surface area (Å²) in [6.07, 6.45) is 0.0552. The number of ether oxygens (including phenoxy) is 1. The van der Waals surface area contributed by atoms with E-state index in [9.17, 15) is 14.4 Å². The van der Waals surface area contributed by atoms with Crippen LogP contribution in [-0.2, 0) is 14.3 Å². The van der Waals surface area contributed by atoms with Gasteiger partial charge in [0.2, 0.25) is 5.91 Å². The Balaban J connectivity index is 2.19. The number of nitrogens with zero attached hydrogens (tertiary/aromatic N) is 2. The lowest BCUT2D eigenvalue weighted by molar-refractivity contribution is -0.143. The maximum atomic E-state index is 12.7. The molecule has 0 saturated carbocycles. The van der Waals surface area contributed by atoms with Crippen molar-refractivity contribution < 1.29 is 19.1 Å². The van der Waals surface area contributed by atoms with E-state index >= 15 is 0 Å². The van der Waals surface area contributed by atoms with Crippen LogP contribution in [0, 0.1) is 0 Å². The minimum Gasteiger partial charge on any atom is -0.469 e. The van der Waals surface area contributed by atoms with Gasteiger partial charge >= 0.3 is 5.97 Å². The van der Waals surface area contributed by atoms with Crippen molar-refractivity contribution in [3.05, 3.63) is 34.9 Å². The van der Waals surface area contributed by atoms with Crippen molar-refractivity contribution in [2.24, 2.45) is 0 Å². The minimum atomic E-state index is -0.408. The highest BCUT2D eigenvalue weighted by Crippen LogP contribution is 2.19. The van der Waals surface area contributed by atoms with Crippen molar-refractivity contribution in [1.29, 1.82) is 0 Å². The van der Waals surface area contributed by atoms with Crippen LogP contribution in [-0.4, -0.2) is 60.4 Å². The topological polar surface area (TPSA) is 66.9 Å². The van der Waals surface area contributed by atoms with Crippen LogP contribution in [0.1, 0.15) is 23.7 Å². The maximum absolute atomic E-state index is 12.7. The first-order valence-electron chi connectivity index (χ1n) is 7.31. The van der Waals surface area contributed by atoms with Crippen LogP contribution < -0.4 is 0 Å². The molecule has 1 fully saturated rings.